The number of rotatable bonds is 12. The number of nitrogens with zero attached hydrogens (tertiary/aromatic N) is 2. The number of amides is 1. The van der Waals surface area contributed by atoms with Crippen LogP contribution >= 0.6 is 11.3 Å². The molecule has 0 bridgehead atoms. The number of hydrogen-bond donors (Lipinski definition) is 3. The topological polar surface area (TPSA) is 79.2 Å². The summed E-state index contributed by atoms with van der Waals surface area (Å²) < 4.78 is 29.1. The summed E-state index contributed by atoms with van der Waals surface area (Å²) >= 11 is 1.56. The Hall–Kier alpha value is -3.40. The molecule has 0 saturated heterocycles. The van der Waals surface area contributed by atoms with Crippen LogP contribution in [0.25, 0.3) is 10.6 Å². The van der Waals surface area contributed by atoms with Gasteiger partial charge in [0, 0.05) is 25.4 Å². The largest absolute Gasteiger partial charge is 0.390 e. The number of nitrogens with one attached hydrogen (secondary N) is 2. The van der Waals surface area contributed by atoms with E-state index in [0.717, 1.165) is 28.6 Å². The van der Waals surface area contributed by atoms with Crippen molar-refractivity contribution in [3.63, 3.8) is 0 Å². The maximum Gasteiger partial charge on any atom is 0.242 e. The molecule has 0 aliphatic carbocycles. The number of aliphatic hydroxyl groups excluding tert-OH is 1. The molecule has 194 valence electrons. The summed E-state index contributed by atoms with van der Waals surface area (Å²) in [5, 5.41) is 23.4. The van der Waals surface area contributed by atoms with Gasteiger partial charge < -0.3 is 15.7 Å². The summed E-state index contributed by atoms with van der Waals surface area (Å²) in [5.41, 5.74) is 3.42. The lowest BCUT2D eigenvalue weighted by molar-refractivity contribution is -0.123. The molecule has 0 radical (unpaired) electrons. The lowest BCUT2D eigenvalue weighted by Gasteiger charge is -2.25. The van der Waals surface area contributed by atoms with Crippen LogP contribution in [0.5, 0.6) is 0 Å². The minimum Gasteiger partial charge on any atom is -0.390 e. The molecule has 1 amide bonds. The number of carbonyl (C=O) groups is 1. The van der Waals surface area contributed by atoms with E-state index in [-0.39, 0.29) is 25.4 Å². The van der Waals surface area contributed by atoms with Crippen molar-refractivity contribution in [3.05, 3.63) is 101 Å². The van der Waals surface area contributed by atoms with Gasteiger partial charge in [-0.2, -0.15) is 5.10 Å². The molecular weight excluding hydrogens is 494 g/mol. The zero-order valence-electron chi connectivity index (χ0n) is 20.5. The van der Waals surface area contributed by atoms with E-state index in [0.29, 0.717) is 12.1 Å². The molecule has 2 heterocycles. The minimum atomic E-state index is -0.996. The van der Waals surface area contributed by atoms with E-state index in [4.69, 9.17) is 0 Å². The van der Waals surface area contributed by atoms with Gasteiger partial charge in [0.25, 0.3) is 0 Å². The van der Waals surface area contributed by atoms with Gasteiger partial charge in [-0.3, -0.25) is 9.48 Å². The quantitative estimate of drug-likeness (QED) is 0.258. The standard InChI is InChI=1S/C28H30F2N4O2S/c1-2-19-5-3-6-20(11-19)16-31-17-26(35)25(14-21-12-22(29)15-23(30)13-21)32-28(36)18-34-9-8-24(33-34)27-7-4-10-37-27/h3-13,15,25-26,31,35H,2,14,16-18H2,1H3,(H,32,36)/t25-,26-/m0/s1. The van der Waals surface area contributed by atoms with Gasteiger partial charge in [0.05, 0.1) is 17.0 Å². The van der Waals surface area contributed by atoms with Crippen molar-refractivity contribution in [2.75, 3.05) is 6.54 Å². The van der Waals surface area contributed by atoms with Gasteiger partial charge in [-0.25, -0.2) is 8.78 Å². The highest BCUT2D eigenvalue weighted by Crippen LogP contribution is 2.22. The molecule has 9 heteroatoms. The van der Waals surface area contributed by atoms with E-state index in [1.807, 2.05) is 35.7 Å². The Morgan fingerprint density at radius 3 is 2.57 bits per heavy atom. The fourth-order valence-electron chi connectivity index (χ4n) is 4.14. The lowest BCUT2D eigenvalue weighted by Crippen LogP contribution is -2.49. The second-order valence-corrected chi connectivity index (χ2v) is 9.85. The molecule has 0 fully saturated rings. The average Bonchev–Trinajstić information content (AvgIpc) is 3.55. The van der Waals surface area contributed by atoms with Crippen LogP contribution in [0.15, 0.2) is 72.2 Å². The van der Waals surface area contributed by atoms with Gasteiger partial charge in [-0.05, 0) is 59.2 Å². The Balaban J connectivity index is 1.41. The second kappa shape index (κ2) is 12.7. The summed E-state index contributed by atoms with van der Waals surface area (Å²) in [5.74, 6) is -1.78. The molecule has 2 atom stereocenters. The van der Waals surface area contributed by atoms with Gasteiger partial charge in [-0.15, -0.1) is 11.3 Å². The van der Waals surface area contributed by atoms with E-state index in [1.54, 1.807) is 17.5 Å². The average molecular weight is 525 g/mol. The molecule has 4 aromatic rings. The summed E-state index contributed by atoms with van der Waals surface area (Å²) in [4.78, 5) is 13.9. The van der Waals surface area contributed by atoms with Crippen LogP contribution in [-0.2, 0) is 30.7 Å². The predicted molar refractivity (Wildman–Crippen MR) is 141 cm³/mol. The van der Waals surface area contributed by atoms with Crippen molar-refractivity contribution in [3.8, 4) is 10.6 Å². The van der Waals surface area contributed by atoms with Gasteiger partial charge in [0.1, 0.15) is 23.9 Å². The molecule has 0 aliphatic heterocycles. The Kier molecular flexibility index (Phi) is 9.16. The number of aromatic nitrogens is 2. The van der Waals surface area contributed by atoms with Crippen LogP contribution in [-0.4, -0.2) is 39.5 Å². The second-order valence-electron chi connectivity index (χ2n) is 8.90. The first-order chi connectivity index (χ1) is 17.9. The number of carbonyl (C=O) groups excluding carboxylic acids is 1. The molecule has 0 saturated carbocycles. The number of aryl methyl sites for hydroxylation is 1. The van der Waals surface area contributed by atoms with Crippen LogP contribution in [0, 0.1) is 11.6 Å². The Morgan fingerprint density at radius 1 is 1.05 bits per heavy atom. The fraction of sp³-hybridized carbons (Fsp3) is 0.286. The Morgan fingerprint density at radius 2 is 1.84 bits per heavy atom. The smallest absolute Gasteiger partial charge is 0.242 e. The number of thiophene rings is 1. The molecule has 2 aromatic heterocycles. The molecule has 37 heavy (non-hydrogen) atoms. The van der Waals surface area contributed by atoms with Crippen LogP contribution in [0.3, 0.4) is 0 Å². The first-order valence-corrected chi connectivity index (χ1v) is 13.1. The van der Waals surface area contributed by atoms with Crippen LogP contribution in [0.4, 0.5) is 8.78 Å². The predicted octanol–water partition coefficient (Wildman–Crippen LogP) is 4.33. The van der Waals surface area contributed by atoms with Crippen molar-refractivity contribution < 1.29 is 18.7 Å². The van der Waals surface area contributed by atoms with Crippen molar-refractivity contribution >= 4 is 17.2 Å². The van der Waals surface area contributed by atoms with Gasteiger partial charge in [0.2, 0.25) is 5.91 Å². The third-order valence-electron chi connectivity index (χ3n) is 5.99. The van der Waals surface area contributed by atoms with Crippen molar-refractivity contribution in [2.24, 2.45) is 0 Å². The monoisotopic (exact) mass is 524 g/mol. The molecule has 6 nitrogen and oxygen atoms in total. The molecule has 0 unspecified atom stereocenters. The van der Waals surface area contributed by atoms with E-state index >= 15 is 0 Å². The maximum absolute atomic E-state index is 13.8. The minimum absolute atomic E-state index is 0.0522. The SMILES string of the molecule is CCc1cccc(CNC[C@H](O)[C@H](Cc2cc(F)cc(F)c2)NC(=O)Cn2ccc(-c3cccs3)n2)c1. The highest BCUT2D eigenvalue weighted by Gasteiger charge is 2.23. The highest BCUT2D eigenvalue weighted by atomic mass is 32.1. The van der Waals surface area contributed by atoms with Crippen LogP contribution < -0.4 is 10.6 Å². The molecule has 2 aromatic carbocycles. The normalized spacial score (nSPS) is 12.9. The number of halogens is 2. The molecular formula is C28H30F2N4O2S. The Bertz CT molecular complexity index is 1290. The summed E-state index contributed by atoms with van der Waals surface area (Å²) in [7, 11) is 0. The van der Waals surface area contributed by atoms with E-state index in [9.17, 15) is 18.7 Å². The molecule has 3 N–H and O–H groups in total. The first-order valence-electron chi connectivity index (χ1n) is 12.2. The molecule has 0 spiro atoms. The summed E-state index contributed by atoms with van der Waals surface area (Å²) in [6.07, 6.45) is 1.71. The Labute approximate surface area is 219 Å². The maximum atomic E-state index is 13.8. The van der Waals surface area contributed by atoms with Crippen LogP contribution in [0.1, 0.15) is 23.6 Å². The van der Waals surface area contributed by atoms with Crippen molar-refractivity contribution in [1.82, 2.24) is 20.4 Å². The van der Waals surface area contributed by atoms with E-state index in [1.165, 1.54) is 22.4 Å². The van der Waals surface area contributed by atoms with E-state index in [2.05, 4.69) is 34.8 Å². The van der Waals surface area contributed by atoms with Crippen LogP contribution in [0.2, 0.25) is 0 Å². The molecule has 0 aliphatic rings. The number of hydrogen-bond acceptors (Lipinski definition) is 5. The number of aliphatic hydroxyl groups is 1. The molecule has 4 rings (SSSR count). The number of benzene rings is 2. The van der Waals surface area contributed by atoms with Gasteiger partial charge >= 0.3 is 0 Å². The third kappa shape index (κ3) is 7.79. The van der Waals surface area contributed by atoms with Crippen molar-refractivity contribution in [1.29, 1.82) is 0 Å². The fourth-order valence-corrected chi connectivity index (χ4v) is 4.83. The lowest BCUT2D eigenvalue weighted by atomic mass is 10.0. The van der Waals surface area contributed by atoms with Gasteiger partial charge in [-0.1, -0.05) is 37.3 Å². The zero-order valence-corrected chi connectivity index (χ0v) is 21.3. The van der Waals surface area contributed by atoms with Gasteiger partial charge in [0.15, 0.2) is 0 Å². The van der Waals surface area contributed by atoms with E-state index < -0.39 is 23.8 Å². The highest BCUT2D eigenvalue weighted by molar-refractivity contribution is 7.13. The summed E-state index contributed by atoms with van der Waals surface area (Å²) in [6.45, 7) is 2.76. The zero-order chi connectivity index (χ0) is 26.2. The first kappa shape index (κ1) is 26.7. The van der Waals surface area contributed by atoms with Crippen molar-refractivity contribution in [2.45, 2.75) is 45.0 Å². The third-order valence-corrected chi connectivity index (χ3v) is 6.88. The summed E-state index contributed by atoms with van der Waals surface area (Å²) in [6, 6.07) is 16.3.